The van der Waals surface area contributed by atoms with Crippen LogP contribution in [0, 0.1) is 22.7 Å². The third-order valence-corrected chi connectivity index (χ3v) is 6.63. The Kier molecular flexibility index (Phi) is 4.61. The summed E-state index contributed by atoms with van der Waals surface area (Å²) >= 11 is 0. The van der Waals surface area contributed by atoms with Crippen molar-refractivity contribution in [3.05, 3.63) is 47.5 Å². The van der Waals surface area contributed by atoms with Crippen molar-refractivity contribution in [2.24, 2.45) is 22.7 Å². The van der Waals surface area contributed by atoms with Crippen LogP contribution in [0.3, 0.4) is 0 Å². The molecule has 2 aliphatic rings. The van der Waals surface area contributed by atoms with E-state index in [0.717, 1.165) is 24.0 Å². The van der Waals surface area contributed by atoms with Gasteiger partial charge in [0.15, 0.2) is 5.78 Å². The number of Topliss-reactive ketones (excluding diaryl/α,β-unsaturated/α-hetero) is 1. The van der Waals surface area contributed by atoms with Gasteiger partial charge in [-0.25, -0.2) is 0 Å². The van der Waals surface area contributed by atoms with Crippen LogP contribution in [-0.2, 0) is 20.7 Å². The standard InChI is InChI=1S/C22H28O3/c1-5-25-20(24)16(13-15-9-7-6-8-10-15)14-17-18-11-12-22(4,19(17)23)21(18,2)3/h6-10,14,16,18H,5,11-13H2,1-4H3/b17-14+/t16-,18+,22-/m0/s1. The second-order valence-electron chi connectivity index (χ2n) is 8.14. The molecule has 3 heteroatoms. The lowest BCUT2D eigenvalue weighted by atomic mass is 9.70. The van der Waals surface area contributed by atoms with Crippen LogP contribution in [0.5, 0.6) is 0 Å². The summed E-state index contributed by atoms with van der Waals surface area (Å²) in [6.07, 6.45) is 4.47. The summed E-state index contributed by atoms with van der Waals surface area (Å²) in [5.41, 5.74) is 1.60. The van der Waals surface area contributed by atoms with Crippen LogP contribution in [0.1, 0.15) is 46.1 Å². The average Bonchev–Trinajstić information content (AvgIpc) is 2.89. The highest BCUT2D eigenvalue weighted by molar-refractivity contribution is 6.05. The van der Waals surface area contributed by atoms with E-state index >= 15 is 0 Å². The van der Waals surface area contributed by atoms with E-state index in [9.17, 15) is 9.59 Å². The van der Waals surface area contributed by atoms with E-state index in [-0.39, 0.29) is 28.5 Å². The highest BCUT2D eigenvalue weighted by Crippen LogP contribution is 2.65. The fraction of sp³-hybridized carbons (Fsp3) is 0.545. The molecule has 0 aliphatic heterocycles. The molecule has 0 radical (unpaired) electrons. The first kappa shape index (κ1) is 17.9. The number of allylic oxidation sites excluding steroid dienone is 1. The predicted molar refractivity (Wildman–Crippen MR) is 98.0 cm³/mol. The molecule has 2 fully saturated rings. The summed E-state index contributed by atoms with van der Waals surface area (Å²) < 4.78 is 5.28. The van der Waals surface area contributed by atoms with Gasteiger partial charge in [0.2, 0.25) is 0 Å². The van der Waals surface area contributed by atoms with Crippen molar-refractivity contribution in [1.29, 1.82) is 0 Å². The van der Waals surface area contributed by atoms with Gasteiger partial charge in [-0.05, 0) is 48.7 Å². The molecule has 2 bridgehead atoms. The van der Waals surface area contributed by atoms with Gasteiger partial charge >= 0.3 is 5.97 Å². The summed E-state index contributed by atoms with van der Waals surface area (Å²) in [6, 6.07) is 9.93. The Morgan fingerprint density at radius 1 is 1.28 bits per heavy atom. The zero-order chi connectivity index (χ0) is 18.2. The fourth-order valence-electron chi connectivity index (χ4n) is 4.66. The Labute approximate surface area is 150 Å². The summed E-state index contributed by atoms with van der Waals surface area (Å²) in [5.74, 6) is -0.161. The fourth-order valence-corrected chi connectivity index (χ4v) is 4.66. The van der Waals surface area contributed by atoms with Crippen molar-refractivity contribution in [3.63, 3.8) is 0 Å². The van der Waals surface area contributed by atoms with Crippen LogP contribution in [0.2, 0.25) is 0 Å². The van der Waals surface area contributed by atoms with Crippen molar-refractivity contribution < 1.29 is 14.3 Å². The molecule has 2 saturated carbocycles. The highest BCUT2D eigenvalue weighted by atomic mass is 16.5. The predicted octanol–water partition coefficient (Wildman–Crippen LogP) is 4.36. The van der Waals surface area contributed by atoms with Crippen molar-refractivity contribution in [3.8, 4) is 0 Å². The van der Waals surface area contributed by atoms with E-state index in [4.69, 9.17) is 4.74 Å². The average molecular weight is 340 g/mol. The number of ether oxygens (including phenoxy) is 1. The number of carbonyl (C=O) groups excluding carboxylic acids is 2. The number of ketones is 1. The van der Waals surface area contributed by atoms with Gasteiger partial charge in [0.1, 0.15) is 0 Å². The maximum atomic E-state index is 13.1. The van der Waals surface area contributed by atoms with Crippen molar-refractivity contribution in [2.45, 2.75) is 47.0 Å². The lowest BCUT2D eigenvalue weighted by Gasteiger charge is -2.31. The number of rotatable bonds is 5. The van der Waals surface area contributed by atoms with E-state index in [0.29, 0.717) is 13.0 Å². The molecule has 3 rings (SSSR count). The minimum absolute atomic E-state index is 0.0398. The van der Waals surface area contributed by atoms with Gasteiger partial charge in [-0.3, -0.25) is 9.59 Å². The molecule has 0 saturated heterocycles. The summed E-state index contributed by atoms with van der Waals surface area (Å²) in [6.45, 7) is 8.65. The molecule has 0 N–H and O–H groups in total. The first-order chi connectivity index (χ1) is 11.8. The number of esters is 1. The quantitative estimate of drug-likeness (QED) is 0.591. The first-order valence-corrected chi connectivity index (χ1v) is 9.28. The SMILES string of the molecule is CCOC(=O)[C@H](/C=C1/C(=O)[C@]2(C)CC[C@H]1C2(C)C)Cc1ccccc1. The van der Waals surface area contributed by atoms with Crippen LogP contribution >= 0.6 is 0 Å². The van der Waals surface area contributed by atoms with E-state index < -0.39 is 5.92 Å². The number of fused-ring (bicyclic) bond motifs is 2. The van der Waals surface area contributed by atoms with Gasteiger partial charge in [0.05, 0.1) is 12.5 Å². The van der Waals surface area contributed by atoms with Gasteiger partial charge < -0.3 is 4.74 Å². The Morgan fingerprint density at radius 2 is 1.96 bits per heavy atom. The molecule has 0 aromatic heterocycles. The molecule has 25 heavy (non-hydrogen) atoms. The van der Waals surface area contributed by atoms with Crippen LogP contribution in [0.15, 0.2) is 42.0 Å². The zero-order valence-corrected chi connectivity index (χ0v) is 15.7. The number of hydrogen-bond donors (Lipinski definition) is 0. The maximum Gasteiger partial charge on any atom is 0.313 e. The molecule has 3 nitrogen and oxygen atoms in total. The minimum atomic E-state index is -0.403. The van der Waals surface area contributed by atoms with E-state index in [1.54, 1.807) is 0 Å². The topological polar surface area (TPSA) is 43.4 Å². The van der Waals surface area contributed by atoms with Gasteiger partial charge in [-0.1, -0.05) is 57.2 Å². The van der Waals surface area contributed by atoms with Crippen LogP contribution in [-0.4, -0.2) is 18.4 Å². The Morgan fingerprint density at radius 3 is 2.52 bits per heavy atom. The number of benzene rings is 1. The molecule has 0 unspecified atom stereocenters. The molecule has 1 aromatic rings. The Balaban J connectivity index is 1.93. The van der Waals surface area contributed by atoms with E-state index in [2.05, 4.69) is 20.8 Å². The summed E-state index contributed by atoms with van der Waals surface area (Å²) in [5, 5.41) is 0. The smallest absolute Gasteiger partial charge is 0.313 e. The van der Waals surface area contributed by atoms with Crippen LogP contribution in [0.25, 0.3) is 0 Å². The Hall–Kier alpha value is -1.90. The largest absolute Gasteiger partial charge is 0.466 e. The second-order valence-corrected chi connectivity index (χ2v) is 8.14. The number of hydrogen-bond acceptors (Lipinski definition) is 3. The van der Waals surface area contributed by atoms with E-state index in [1.165, 1.54) is 0 Å². The molecule has 1 aromatic carbocycles. The Bertz CT molecular complexity index is 701. The van der Waals surface area contributed by atoms with Gasteiger partial charge in [0, 0.05) is 5.41 Å². The van der Waals surface area contributed by atoms with Crippen LogP contribution < -0.4 is 0 Å². The monoisotopic (exact) mass is 340 g/mol. The van der Waals surface area contributed by atoms with Crippen molar-refractivity contribution >= 4 is 11.8 Å². The summed E-state index contributed by atoms with van der Waals surface area (Å²) in [4.78, 5) is 25.6. The van der Waals surface area contributed by atoms with Crippen molar-refractivity contribution in [2.75, 3.05) is 6.61 Å². The lowest BCUT2D eigenvalue weighted by molar-refractivity contribution is -0.146. The minimum Gasteiger partial charge on any atom is -0.466 e. The maximum absolute atomic E-state index is 13.1. The zero-order valence-electron chi connectivity index (χ0n) is 15.7. The van der Waals surface area contributed by atoms with Gasteiger partial charge in [-0.2, -0.15) is 0 Å². The third-order valence-electron chi connectivity index (χ3n) is 6.63. The highest BCUT2D eigenvalue weighted by Gasteiger charge is 2.63. The molecule has 134 valence electrons. The summed E-state index contributed by atoms with van der Waals surface area (Å²) in [7, 11) is 0. The van der Waals surface area contributed by atoms with Crippen LogP contribution in [0.4, 0.5) is 0 Å². The first-order valence-electron chi connectivity index (χ1n) is 9.28. The normalized spacial score (nSPS) is 29.8. The molecule has 0 spiro atoms. The molecular weight excluding hydrogens is 312 g/mol. The number of carbonyl (C=O) groups is 2. The van der Waals surface area contributed by atoms with Gasteiger partial charge in [-0.15, -0.1) is 0 Å². The third kappa shape index (κ3) is 2.84. The van der Waals surface area contributed by atoms with E-state index in [1.807, 2.05) is 43.3 Å². The van der Waals surface area contributed by atoms with Gasteiger partial charge in [0.25, 0.3) is 0 Å². The van der Waals surface area contributed by atoms with Crippen molar-refractivity contribution in [1.82, 2.24) is 0 Å². The lowest BCUT2D eigenvalue weighted by Crippen LogP contribution is -2.32. The molecular formula is C22H28O3. The molecule has 0 heterocycles. The molecule has 0 amide bonds. The second kappa shape index (κ2) is 6.44. The molecule has 2 aliphatic carbocycles. The molecule has 3 atom stereocenters.